The molecule has 0 radical (unpaired) electrons. The van der Waals surface area contributed by atoms with Crippen LogP contribution in [-0.4, -0.2) is 30.2 Å². The summed E-state index contributed by atoms with van der Waals surface area (Å²) in [6.45, 7) is 7.41. The van der Waals surface area contributed by atoms with Crippen LogP contribution in [0.25, 0.3) is 0 Å². The van der Waals surface area contributed by atoms with Crippen LogP contribution in [0.2, 0.25) is 0 Å². The topological polar surface area (TPSA) is 32.7 Å². The molecule has 0 spiro atoms. The Bertz CT molecular complexity index is 377. The Morgan fingerprint density at radius 3 is 2.50 bits per heavy atom. The van der Waals surface area contributed by atoms with Crippen LogP contribution in [0.4, 0.5) is 0 Å². The molecule has 1 atom stereocenters. The van der Waals surface area contributed by atoms with Crippen LogP contribution in [0, 0.1) is 5.92 Å². The quantitative estimate of drug-likeness (QED) is 0.842. The number of aromatic hydroxyl groups is 1. The summed E-state index contributed by atoms with van der Waals surface area (Å²) in [6, 6.07) is 5.86. The first kappa shape index (κ1) is 14.8. The minimum Gasteiger partial charge on any atom is -0.508 e. The number of phenols is 1. The summed E-state index contributed by atoms with van der Waals surface area (Å²) < 4.78 is 5.19. The number of benzene rings is 1. The third kappa shape index (κ3) is 4.22. The molecule has 1 rings (SSSR count). The normalized spacial score (nSPS) is 13.1. The van der Waals surface area contributed by atoms with E-state index >= 15 is 0 Å². The zero-order valence-corrected chi connectivity index (χ0v) is 12.1. The molecule has 102 valence electrons. The number of hydrogen-bond acceptors (Lipinski definition) is 3. The Balaban J connectivity index is 2.71. The Kier molecular flexibility index (Phi) is 5.48. The molecule has 0 bridgehead atoms. The van der Waals surface area contributed by atoms with E-state index in [1.807, 2.05) is 6.07 Å². The average Bonchev–Trinajstić information content (AvgIpc) is 2.31. The van der Waals surface area contributed by atoms with Crippen LogP contribution in [0.5, 0.6) is 11.5 Å². The van der Waals surface area contributed by atoms with Crippen LogP contribution in [0.1, 0.15) is 32.8 Å². The lowest BCUT2D eigenvalue weighted by Gasteiger charge is -2.26. The van der Waals surface area contributed by atoms with Gasteiger partial charge in [0.05, 0.1) is 7.11 Å². The van der Waals surface area contributed by atoms with Gasteiger partial charge in [-0.1, -0.05) is 13.8 Å². The fourth-order valence-corrected chi connectivity index (χ4v) is 2.10. The lowest BCUT2D eigenvalue weighted by molar-refractivity contribution is 0.218. The minimum atomic E-state index is 0.333. The van der Waals surface area contributed by atoms with Crippen LogP contribution in [-0.2, 0) is 6.54 Å². The molecule has 0 fully saturated rings. The third-order valence-corrected chi connectivity index (χ3v) is 3.27. The number of phenolic OH excluding ortho intramolecular Hbond substituents is 1. The van der Waals surface area contributed by atoms with E-state index in [1.165, 1.54) is 0 Å². The van der Waals surface area contributed by atoms with Crippen LogP contribution < -0.4 is 4.74 Å². The van der Waals surface area contributed by atoms with E-state index in [-0.39, 0.29) is 0 Å². The van der Waals surface area contributed by atoms with E-state index in [0.717, 1.165) is 24.3 Å². The van der Waals surface area contributed by atoms with Crippen molar-refractivity contribution in [1.29, 1.82) is 0 Å². The maximum atomic E-state index is 9.86. The Hall–Kier alpha value is -1.22. The van der Waals surface area contributed by atoms with Gasteiger partial charge in [-0.2, -0.15) is 0 Å². The van der Waals surface area contributed by atoms with Crippen molar-refractivity contribution in [1.82, 2.24) is 4.90 Å². The second-order valence-corrected chi connectivity index (χ2v) is 5.39. The lowest BCUT2D eigenvalue weighted by Crippen LogP contribution is -2.29. The number of rotatable bonds is 6. The molecular weight excluding hydrogens is 226 g/mol. The molecule has 1 aromatic carbocycles. The average molecular weight is 251 g/mol. The highest BCUT2D eigenvalue weighted by atomic mass is 16.5. The van der Waals surface area contributed by atoms with E-state index in [9.17, 15) is 5.11 Å². The summed E-state index contributed by atoms with van der Waals surface area (Å²) in [7, 11) is 3.73. The molecule has 0 aliphatic heterocycles. The van der Waals surface area contributed by atoms with Gasteiger partial charge in [-0.05, 0) is 44.5 Å². The van der Waals surface area contributed by atoms with E-state index in [4.69, 9.17) is 4.74 Å². The molecule has 0 heterocycles. The zero-order chi connectivity index (χ0) is 13.7. The molecule has 3 nitrogen and oxygen atoms in total. The Morgan fingerprint density at radius 1 is 1.28 bits per heavy atom. The second kappa shape index (κ2) is 6.64. The molecule has 0 amide bonds. The second-order valence-electron chi connectivity index (χ2n) is 5.39. The Labute approximate surface area is 110 Å². The molecule has 1 unspecified atom stereocenters. The van der Waals surface area contributed by atoms with Gasteiger partial charge in [-0.15, -0.1) is 0 Å². The maximum Gasteiger partial charge on any atom is 0.120 e. The monoisotopic (exact) mass is 251 g/mol. The highest BCUT2D eigenvalue weighted by molar-refractivity contribution is 5.39. The number of nitrogens with zero attached hydrogens (tertiary/aromatic N) is 1. The first-order valence-corrected chi connectivity index (χ1v) is 6.50. The zero-order valence-electron chi connectivity index (χ0n) is 12.1. The molecule has 0 saturated heterocycles. The molecular formula is C15H25NO2. The van der Waals surface area contributed by atoms with Crippen molar-refractivity contribution in [3.05, 3.63) is 23.8 Å². The maximum absolute atomic E-state index is 9.86. The van der Waals surface area contributed by atoms with E-state index in [0.29, 0.717) is 17.7 Å². The highest BCUT2D eigenvalue weighted by Crippen LogP contribution is 2.25. The van der Waals surface area contributed by atoms with Gasteiger partial charge in [0.25, 0.3) is 0 Å². The SMILES string of the molecule is COc1ccc(O)c(CN(C)C(C)CC(C)C)c1. The molecule has 0 aliphatic carbocycles. The lowest BCUT2D eigenvalue weighted by atomic mass is 10.0. The standard InChI is InChI=1S/C15H25NO2/c1-11(2)8-12(3)16(4)10-13-9-14(18-5)6-7-15(13)17/h6-7,9,11-12,17H,8,10H2,1-5H3. The Morgan fingerprint density at radius 2 is 1.94 bits per heavy atom. The summed E-state index contributed by atoms with van der Waals surface area (Å²) in [6.07, 6.45) is 1.15. The summed E-state index contributed by atoms with van der Waals surface area (Å²) in [5.74, 6) is 1.80. The van der Waals surface area contributed by atoms with Crippen molar-refractivity contribution >= 4 is 0 Å². The van der Waals surface area contributed by atoms with Gasteiger partial charge in [0.1, 0.15) is 11.5 Å². The van der Waals surface area contributed by atoms with Crippen molar-refractivity contribution < 1.29 is 9.84 Å². The molecule has 3 heteroatoms. The van der Waals surface area contributed by atoms with E-state index in [1.54, 1.807) is 19.2 Å². The van der Waals surface area contributed by atoms with E-state index in [2.05, 4.69) is 32.7 Å². The van der Waals surface area contributed by atoms with Crippen molar-refractivity contribution in [2.24, 2.45) is 5.92 Å². The molecule has 1 aromatic rings. The number of ether oxygens (including phenoxy) is 1. The van der Waals surface area contributed by atoms with Gasteiger partial charge in [-0.25, -0.2) is 0 Å². The van der Waals surface area contributed by atoms with Gasteiger partial charge < -0.3 is 9.84 Å². The first-order valence-electron chi connectivity index (χ1n) is 6.50. The van der Waals surface area contributed by atoms with Gasteiger partial charge >= 0.3 is 0 Å². The van der Waals surface area contributed by atoms with Crippen molar-refractivity contribution in [2.45, 2.75) is 39.8 Å². The van der Waals surface area contributed by atoms with Gasteiger partial charge in [0, 0.05) is 18.2 Å². The summed E-state index contributed by atoms with van der Waals surface area (Å²) >= 11 is 0. The molecule has 1 N–H and O–H groups in total. The minimum absolute atomic E-state index is 0.333. The number of hydrogen-bond donors (Lipinski definition) is 1. The summed E-state index contributed by atoms with van der Waals surface area (Å²) in [4.78, 5) is 2.26. The van der Waals surface area contributed by atoms with Crippen molar-refractivity contribution in [3.63, 3.8) is 0 Å². The predicted molar refractivity (Wildman–Crippen MR) is 75.0 cm³/mol. The highest BCUT2D eigenvalue weighted by Gasteiger charge is 2.13. The molecule has 0 aliphatic rings. The predicted octanol–water partition coefficient (Wildman–Crippen LogP) is 3.27. The fourth-order valence-electron chi connectivity index (χ4n) is 2.10. The van der Waals surface area contributed by atoms with Crippen LogP contribution in [0.3, 0.4) is 0 Å². The molecule has 0 aromatic heterocycles. The molecule has 0 saturated carbocycles. The van der Waals surface area contributed by atoms with E-state index < -0.39 is 0 Å². The van der Waals surface area contributed by atoms with Gasteiger partial charge in [-0.3, -0.25) is 4.90 Å². The first-order chi connectivity index (χ1) is 8.43. The van der Waals surface area contributed by atoms with Crippen molar-refractivity contribution in [2.75, 3.05) is 14.2 Å². The van der Waals surface area contributed by atoms with Crippen LogP contribution in [0.15, 0.2) is 18.2 Å². The molecule has 18 heavy (non-hydrogen) atoms. The van der Waals surface area contributed by atoms with Gasteiger partial charge in [0.15, 0.2) is 0 Å². The largest absolute Gasteiger partial charge is 0.508 e. The van der Waals surface area contributed by atoms with Crippen LogP contribution >= 0.6 is 0 Å². The van der Waals surface area contributed by atoms with Gasteiger partial charge in [0.2, 0.25) is 0 Å². The number of methoxy groups -OCH3 is 1. The third-order valence-electron chi connectivity index (χ3n) is 3.27. The van der Waals surface area contributed by atoms with Crippen molar-refractivity contribution in [3.8, 4) is 11.5 Å². The smallest absolute Gasteiger partial charge is 0.120 e. The fraction of sp³-hybridized carbons (Fsp3) is 0.600. The summed E-state index contributed by atoms with van der Waals surface area (Å²) in [5.41, 5.74) is 0.910. The summed E-state index contributed by atoms with van der Waals surface area (Å²) in [5, 5.41) is 9.86.